The SMILES string of the molecule is O=C(N[C@@H](NC(=S)Nc1ccc(Cl)cc1)C(Cl)(Cl)Cl)N1CCOCC1. The maximum absolute atomic E-state index is 12.3. The Kier molecular flexibility index (Phi) is 7.67. The first-order chi connectivity index (χ1) is 11.8. The Hall–Kier alpha value is -0.700. The second kappa shape index (κ2) is 9.30. The fourth-order valence-electron chi connectivity index (χ4n) is 2.01. The molecule has 1 aliphatic rings. The van der Waals surface area contributed by atoms with Gasteiger partial charge in [0.1, 0.15) is 0 Å². The van der Waals surface area contributed by atoms with Gasteiger partial charge in [0, 0.05) is 23.8 Å². The van der Waals surface area contributed by atoms with E-state index in [9.17, 15) is 4.79 Å². The van der Waals surface area contributed by atoms with E-state index in [4.69, 9.17) is 63.4 Å². The zero-order valence-electron chi connectivity index (χ0n) is 12.9. The summed E-state index contributed by atoms with van der Waals surface area (Å²) in [6.45, 7) is 1.86. The highest BCUT2D eigenvalue weighted by atomic mass is 35.6. The summed E-state index contributed by atoms with van der Waals surface area (Å²) < 4.78 is 3.39. The smallest absolute Gasteiger partial charge is 0.319 e. The molecule has 1 aliphatic heterocycles. The van der Waals surface area contributed by atoms with E-state index < -0.39 is 9.96 Å². The van der Waals surface area contributed by atoms with Crippen molar-refractivity contribution in [3.05, 3.63) is 29.3 Å². The van der Waals surface area contributed by atoms with Crippen LogP contribution in [-0.2, 0) is 4.74 Å². The third kappa shape index (κ3) is 6.84. The Morgan fingerprint density at radius 2 is 1.76 bits per heavy atom. The number of amides is 2. The number of benzene rings is 1. The van der Waals surface area contributed by atoms with Crippen LogP contribution < -0.4 is 16.0 Å². The van der Waals surface area contributed by atoms with Crippen LogP contribution in [0.2, 0.25) is 5.02 Å². The van der Waals surface area contributed by atoms with E-state index in [1.165, 1.54) is 0 Å². The monoisotopic (exact) mass is 444 g/mol. The van der Waals surface area contributed by atoms with Crippen molar-refractivity contribution >= 4 is 75.5 Å². The normalized spacial score (nSPS) is 16.1. The Labute approximate surface area is 171 Å². The lowest BCUT2D eigenvalue weighted by Crippen LogP contribution is -2.59. The fraction of sp³-hybridized carbons (Fsp3) is 0.429. The van der Waals surface area contributed by atoms with Crippen molar-refractivity contribution in [2.45, 2.75) is 9.96 Å². The molecule has 1 saturated heterocycles. The number of hydrogen-bond donors (Lipinski definition) is 3. The molecular formula is C14H16Cl4N4O2S. The Balaban J connectivity index is 1.95. The largest absolute Gasteiger partial charge is 0.378 e. The summed E-state index contributed by atoms with van der Waals surface area (Å²) in [5.41, 5.74) is 0.699. The Morgan fingerprint density at radius 1 is 1.16 bits per heavy atom. The molecule has 0 spiro atoms. The molecule has 1 aromatic rings. The number of urea groups is 1. The summed E-state index contributed by atoms with van der Waals surface area (Å²) in [6, 6.07) is 6.53. The lowest BCUT2D eigenvalue weighted by Gasteiger charge is -2.32. The van der Waals surface area contributed by atoms with Crippen molar-refractivity contribution in [2.75, 3.05) is 31.6 Å². The van der Waals surface area contributed by atoms with E-state index in [1.54, 1.807) is 29.2 Å². The first-order valence-corrected chi connectivity index (χ1v) is 9.21. The van der Waals surface area contributed by atoms with Crippen LogP contribution in [-0.4, -0.2) is 52.3 Å². The molecule has 3 N–H and O–H groups in total. The predicted molar refractivity (Wildman–Crippen MR) is 106 cm³/mol. The zero-order chi connectivity index (χ0) is 18.4. The molecule has 0 aromatic heterocycles. The number of nitrogens with one attached hydrogen (secondary N) is 3. The van der Waals surface area contributed by atoms with Gasteiger partial charge in [-0.15, -0.1) is 0 Å². The van der Waals surface area contributed by atoms with E-state index in [0.717, 1.165) is 0 Å². The lowest BCUT2D eigenvalue weighted by molar-refractivity contribution is 0.0524. The molecule has 25 heavy (non-hydrogen) atoms. The van der Waals surface area contributed by atoms with Gasteiger partial charge in [-0.05, 0) is 36.5 Å². The van der Waals surface area contributed by atoms with Crippen molar-refractivity contribution in [1.29, 1.82) is 0 Å². The third-order valence-corrected chi connectivity index (χ3v) is 4.40. The molecule has 2 amide bonds. The van der Waals surface area contributed by atoms with Crippen LogP contribution in [0.4, 0.5) is 10.5 Å². The van der Waals surface area contributed by atoms with Crippen molar-refractivity contribution < 1.29 is 9.53 Å². The van der Waals surface area contributed by atoms with Gasteiger partial charge in [0.25, 0.3) is 0 Å². The number of alkyl halides is 3. The van der Waals surface area contributed by atoms with Gasteiger partial charge in [0.15, 0.2) is 11.3 Å². The van der Waals surface area contributed by atoms with Gasteiger partial charge in [0.05, 0.1) is 13.2 Å². The van der Waals surface area contributed by atoms with Gasteiger partial charge < -0.3 is 25.6 Å². The molecule has 0 aliphatic carbocycles. The molecule has 138 valence electrons. The first kappa shape index (κ1) is 20.6. The van der Waals surface area contributed by atoms with Crippen LogP contribution in [0, 0.1) is 0 Å². The average molecular weight is 446 g/mol. The topological polar surface area (TPSA) is 65.6 Å². The minimum Gasteiger partial charge on any atom is -0.378 e. The molecule has 6 nitrogen and oxygen atoms in total. The quantitative estimate of drug-likeness (QED) is 0.378. The number of rotatable bonds is 3. The van der Waals surface area contributed by atoms with Crippen LogP contribution in [0.15, 0.2) is 24.3 Å². The van der Waals surface area contributed by atoms with Crippen LogP contribution in [0.3, 0.4) is 0 Å². The molecule has 11 heteroatoms. The van der Waals surface area contributed by atoms with Gasteiger partial charge >= 0.3 is 6.03 Å². The van der Waals surface area contributed by atoms with Gasteiger partial charge in [-0.1, -0.05) is 46.4 Å². The van der Waals surface area contributed by atoms with Crippen LogP contribution >= 0.6 is 58.6 Å². The lowest BCUT2D eigenvalue weighted by atomic mass is 10.3. The molecule has 1 aromatic carbocycles. The van der Waals surface area contributed by atoms with Crippen LogP contribution in [0.5, 0.6) is 0 Å². The highest BCUT2D eigenvalue weighted by Crippen LogP contribution is 2.29. The van der Waals surface area contributed by atoms with E-state index in [2.05, 4.69) is 16.0 Å². The highest BCUT2D eigenvalue weighted by molar-refractivity contribution is 7.80. The molecule has 1 atom stereocenters. The maximum Gasteiger partial charge on any atom is 0.319 e. The summed E-state index contributed by atoms with van der Waals surface area (Å²) in [6.07, 6.45) is -1.03. The van der Waals surface area contributed by atoms with Crippen molar-refractivity contribution in [2.24, 2.45) is 0 Å². The number of morpholine rings is 1. The molecule has 1 heterocycles. The van der Waals surface area contributed by atoms with Crippen molar-refractivity contribution in [1.82, 2.24) is 15.5 Å². The van der Waals surface area contributed by atoms with E-state index in [0.29, 0.717) is 37.0 Å². The molecule has 2 rings (SSSR count). The Bertz CT molecular complexity index is 606. The number of nitrogens with zero attached hydrogens (tertiary/aromatic N) is 1. The van der Waals surface area contributed by atoms with Gasteiger partial charge in [0.2, 0.25) is 3.79 Å². The van der Waals surface area contributed by atoms with Crippen molar-refractivity contribution in [3.63, 3.8) is 0 Å². The number of halogens is 4. The standard InChI is InChI=1S/C14H16Cl4N4O2S/c15-9-1-3-10(4-2-9)19-12(25)20-11(14(16,17)18)21-13(23)22-5-7-24-8-6-22/h1-4,11H,5-8H2,(H,21,23)(H2,19,20,25)/t11-/m1/s1. The van der Waals surface area contributed by atoms with Gasteiger partial charge in [-0.2, -0.15) is 0 Å². The number of ether oxygens (including phenoxy) is 1. The Morgan fingerprint density at radius 3 is 2.32 bits per heavy atom. The molecule has 0 saturated carbocycles. The minimum atomic E-state index is -1.81. The maximum atomic E-state index is 12.3. The van der Waals surface area contributed by atoms with Gasteiger partial charge in [-0.3, -0.25) is 0 Å². The molecule has 0 bridgehead atoms. The summed E-state index contributed by atoms with van der Waals surface area (Å²) in [5.74, 6) is 0. The van der Waals surface area contributed by atoms with E-state index >= 15 is 0 Å². The summed E-state index contributed by atoms with van der Waals surface area (Å²) in [5, 5.41) is 9.13. The molecule has 1 fully saturated rings. The highest BCUT2D eigenvalue weighted by Gasteiger charge is 2.35. The van der Waals surface area contributed by atoms with Crippen LogP contribution in [0.25, 0.3) is 0 Å². The second-order valence-corrected chi connectivity index (χ2v) is 8.34. The molecule has 0 radical (unpaired) electrons. The summed E-state index contributed by atoms with van der Waals surface area (Å²) in [4.78, 5) is 13.9. The minimum absolute atomic E-state index is 0.181. The number of carbonyl (C=O) groups excluding carboxylic acids is 1. The zero-order valence-corrected chi connectivity index (χ0v) is 16.7. The number of anilines is 1. The predicted octanol–water partition coefficient (Wildman–Crippen LogP) is 3.36. The number of hydrogen-bond acceptors (Lipinski definition) is 3. The first-order valence-electron chi connectivity index (χ1n) is 7.28. The molecular weight excluding hydrogens is 430 g/mol. The molecule has 0 unspecified atom stereocenters. The third-order valence-electron chi connectivity index (χ3n) is 3.27. The number of thiocarbonyl (C=S) groups is 1. The average Bonchev–Trinajstić information content (AvgIpc) is 2.56. The van der Waals surface area contributed by atoms with E-state index in [1.807, 2.05) is 0 Å². The second-order valence-electron chi connectivity index (χ2n) is 5.13. The summed E-state index contributed by atoms with van der Waals surface area (Å²) in [7, 11) is 0. The van der Waals surface area contributed by atoms with Gasteiger partial charge in [-0.25, -0.2) is 4.79 Å². The fourth-order valence-corrected chi connectivity index (χ4v) is 2.70. The summed E-state index contributed by atoms with van der Waals surface area (Å²) >= 11 is 28.9. The number of carbonyl (C=O) groups is 1. The van der Waals surface area contributed by atoms with E-state index in [-0.39, 0.29) is 11.1 Å². The van der Waals surface area contributed by atoms with Crippen LogP contribution in [0.1, 0.15) is 0 Å². The van der Waals surface area contributed by atoms with Crippen molar-refractivity contribution in [3.8, 4) is 0 Å².